The summed E-state index contributed by atoms with van der Waals surface area (Å²) in [7, 11) is -18.3. The van der Waals surface area contributed by atoms with Gasteiger partial charge in [-0.1, -0.05) is 24.3 Å². The maximum absolute atomic E-state index is 15.3. The van der Waals surface area contributed by atoms with Crippen LogP contribution >= 0.6 is 0 Å². The van der Waals surface area contributed by atoms with Crippen LogP contribution in [0.1, 0.15) is 41.4 Å². The SMILES string of the molecule is CN1C(=O)c2cc(Oc3cc[c-]cc3-c3cc[c-]cc3)c3c4c(Oc5cc[c-]cc5-c5cc[c-]cc5)cc5c6c(cc(Oc7ccc(S(=O)(=O)[O-])cc7-c7ccc(S(=O)(=O)[O-])cc7)c(c7c(Oc8ccc(S(=O)(=O)[O-])cc8-c8ccc(S(=O)(=O)[O-])cc8)cc(c2c37)C1=O)c64)C(=O)N(C)C5=O.[Na+].[Na+].[Na+].[Na+].[Na+].[Na+].[Na+].[Na+]. The predicted molar refractivity (Wildman–Crippen MR) is 356 cm³/mol. The van der Waals surface area contributed by atoms with Crippen LogP contribution in [-0.2, 0) is 40.5 Å². The van der Waals surface area contributed by atoms with E-state index < -0.39 is 83.7 Å². The molecule has 0 aliphatic carbocycles. The molecule has 0 fully saturated rings. The molecule has 0 spiro atoms. The van der Waals surface area contributed by atoms with E-state index >= 15 is 19.2 Å². The molecule has 13 aromatic carbocycles. The molecule has 0 atom stereocenters. The Labute approximate surface area is 795 Å². The molecule has 15 rings (SSSR count). The molecule has 2 heterocycles. The maximum atomic E-state index is 15.3. The molecule has 4 amide bonds. The van der Waals surface area contributed by atoms with Gasteiger partial charge < -0.3 is 37.2 Å². The normalized spacial score (nSPS) is 12.5. The molecule has 13 aromatic rings. The molecule has 0 N–H and O–H groups in total. The summed E-state index contributed by atoms with van der Waals surface area (Å²) in [6, 6.07) is 55.0. The summed E-state index contributed by atoms with van der Waals surface area (Å²) in [6.45, 7) is 0. The van der Waals surface area contributed by atoms with Gasteiger partial charge in [0.25, 0.3) is 23.6 Å². The number of ether oxygens (including phenoxy) is 4. The fraction of sp³-hybridized carbons (Fsp3) is 0.0270. The number of nitrogens with zero attached hydrogens (tertiary/aromatic N) is 2. The average Bonchev–Trinajstić information content (AvgIpc) is 0.671. The van der Waals surface area contributed by atoms with Gasteiger partial charge in [-0.05, 0) is 96.1 Å². The minimum atomic E-state index is -5.31. The number of carbonyl (C=O) groups excluding carboxylic acids is 4. The molecular weight excluding hydrogens is 1550 g/mol. The van der Waals surface area contributed by atoms with Crippen LogP contribution in [0.15, 0.2) is 214 Å². The number of amides is 4. The number of hydrogen-bond donors (Lipinski definition) is 0. The average molecular weight is 1590 g/mol. The second-order valence-corrected chi connectivity index (χ2v) is 28.6. The summed E-state index contributed by atoms with van der Waals surface area (Å²) in [5.41, 5.74) is 0.922. The first-order valence-corrected chi connectivity index (χ1v) is 35.2. The van der Waals surface area contributed by atoms with Gasteiger partial charge in [-0.3, -0.25) is 29.0 Å². The van der Waals surface area contributed by atoms with E-state index in [0.717, 1.165) is 94.7 Å². The van der Waals surface area contributed by atoms with Gasteiger partial charge in [-0.25, -0.2) is 33.7 Å². The fourth-order valence-electron chi connectivity index (χ4n) is 12.7. The molecule has 0 radical (unpaired) electrons. The zero-order valence-corrected chi connectivity index (χ0v) is 78.4. The molecule has 0 unspecified atom stereocenters. The van der Waals surface area contributed by atoms with Crippen molar-refractivity contribution in [2.45, 2.75) is 19.6 Å². The van der Waals surface area contributed by atoms with Crippen molar-refractivity contribution in [2.75, 3.05) is 14.1 Å². The predicted octanol–water partition coefficient (Wildman–Crippen LogP) is -11.1. The number of hydrogen-bond acceptors (Lipinski definition) is 20. The Morgan fingerprint density at radius 1 is 0.259 bits per heavy atom. The van der Waals surface area contributed by atoms with Crippen LogP contribution < -0.4 is 255 Å². The Kier molecular flexibility index (Phi) is 30.1. The van der Waals surface area contributed by atoms with E-state index in [1.807, 2.05) is 0 Å². The first-order chi connectivity index (χ1) is 47.6. The van der Waals surface area contributed by atoms with Gasteiger partial charge in [0.15, 0.2) is 0 Å². The summed E-state index contributed by atoms with van der Waals surface area (Å²) in [5, 5.41) is -0.531. The van der Waals surface area contributed by atoms with E-state index in [2.05, 4.69) is 24.3 Å². The molecule has 34 heteroatoms. The second kappa shape index (κ2) is 35.6. The van der Waals surface area contributed by atoms with E-state index in [9.17, 15) is 51.9 Å². The minimum Gasteiger partial charge on any atom is -0.744 e. The van der Waals surface area contributed by atoms with E-state index in [0.29, 0.717) is 22.3 Å². The molecule has 0 saturated carbocycles. The van der Waals surface area contributed by atoms with Crippen molar-refractivity contribution in [3.63, 3.8) is 0 Å². The van der Waals surface area contributed by atoms with Crippen LogP contribution in [-0.4, -0.2) is 99.4 Å². The van der Waals surface area contributed by atoms with E-state index in [4.69, 9.17) is 18.9 Å². The number of imide groups is 2. The molecule has 0 saturated heterocycles. The van der Waals surface area contributed by atoms with Gasteiger partial charge in [0.05, 0.1) is 41.8 Å². The van der Waals surface area contributed by atoms with Gasteiger partial charge in [0.1, 0.15) is 75.0 Å². The fourth-order valence-corrected chi connectivity index (χ4v) is 14.6. The summed E-state index contributed by atoms with van der Waals surface area (Å²) in [4.78, 5) is 59.7. The molecule has 108 heavy (non-hydrogen) atoms. The number of fused-ring (bicyclic) bond motifs is 2. The Morgan fingerprint density at radius 2 is 0.500 bits per heavy atom. The van der Waals surface area contributed by atoms with E-state index in [1.165, 1.54) is 38.4 Å². The van der Waals surface area contributed by atoms with Gasteiger partial charge in [0.2, 0.25) is 0 Å². The zero-order valence-electron chi connectivity index (χ0n) is 59.2. The smallest absolute Gasteiger partial charge is 0.744 e. The summed E-state index contributed by atoms with van der Waals surface area (Å²) in [5.74, 6) is -4.84. The van der Waals surface area contributed by atoms with Gasteiger partial charge in [-0.2, -0.15) is 108 Å². The largest absolute Gasteiger partial charge is 1.00 e. The Hall–Kier alpha value is -3.72. The third-order valence-electron chi connectivity index (χ3n) is 17.3. The Morgan fingerprint density at radius 3 is 0.769 bits per heavy atom. The van der Waals surface area contributed by atoms with Crippen LogP contribution in [0.2, 0.25) is 0 Å². The molecule has 2 aliphatic heterocycles. The Balaban J connectivity index is 0.00000203. The Bertz CT molecular complexity index is 5910. The zero-order chi connectivity index (χ0) is 70.2. The van der Waals surface area contributed by atoms with Gasteiger partial charge in [0, 0.05) is 79.8 Å². The topological polar surface area (TPSA) is 340 Å². The van der Waals surface area contributed by atoms with Crippen molar-refractivity contribution in [1.82, 2.24) is 9.80 Å². The number of benzene rings is 13. The van der Waals surface area contributed by atoms with Crippen molar-refractivity contribution in [1.29, 1.82) is 0 Å². The summed E-state index contributed by atoms with van der Waals surface area (Å²) in [6.07, 6.45) is 0. The number of carbonyl (C=O) groups is 4. The first kappa shape index (κ1) is 91.5. The maximum Gasteiger partial charge on any atom is 1.00 e. The second-order valence-electron chi connectivity index (χ2n) is 23.0. The van der Waals surface area contributed by atoms with Crippen molar-refractivity contribution < 1.29 is 326 Å². The van der Waals surface area contributed by atoms with Crippen LogP contribution in [0, 0.1) is 24.3 Å². The quantitative estimate of drug-likeness (QED) is 0.0216. The monoisotopic (exact) mass is 1590 g/mol. The molecule has 0 bridgehead atoms. The van der Waals surface area contributed by atoms with Crippen LogP contribution in [0.25, 0.3) is 87.6 Å². The van der Waals surface area contributed by atoms with Crippen molar-refractivity contribution in [3.8, 4) is 90.5 Å². The molecule has 2 aliphatic rings. The van der Waals surface area contributed by atoms with Crippen molar-refractivity contribution in [2.24, 2.45) is 0 Å². The van der Waals surface area contributed by atoms with Crippen LogP contribution in [0.4, 0.5) is 0 Å². The van der Waals surface area contributed by atoms with Gasteiger partial charge in [-0.15, -0.1) is 23.3 Å². The molecular formula is C74H38N2Na8O20S4. The first-order valence-electron chi connectivity index (χ1n) is 29.6. The van der Waals surface area contributed by atoms with Gasteiger partial charge >= 0.3 is 236 Å². The summed E-state index contributed by atoms with van der Waals surface area (Å²) >= 11 is 0. The number of rotatable bonds is 16. The molecule has 0 aromatic heterocycles. The minimum absolute atomic E-state index is 0. The van der Waals surface area contributed by atoms with Crippen LogP contribution in [0.3, 0.4) is 0 Å². The summed E-state index contributed by atoms with van der Waals surface area (Å²) < 4.78 is 180. The third kappa shape index (κ3) is 17.0. The van der Waals surface area contributed by atoms with E-state index in [-0.39, 0.29) is 370 Å². The third-order valence-corrected chi connectivity index (χ3v) is 20.6. The van der Waals surface area contributed by atoms with Crippen molar-refractivity contribution in [3.05, 3.63) is 241 Å². The van der Waals surface area contributed by atoms with Crippen LogP contribution in [0.5, 0.6) is 46.0 Å². The standard InChI is InChI=1S/C74H42N2O20S4.8Na/c1-75-71(77)51-35-59(93-55-19-11-9-17-47(55)39-13-5-3-6-14-39)65-66-60(94-56-20-12-10-18-48(56)40-15-7-4-8-16-40)36-52-64-54(74(80)76(2)72(52)78)38-62(96-58-32-30-46(100(90,91)92)34-50(58)42-23-27-44(28-24-42)98(84,85)86)68(70(64)66)67-61(37-53(73(75)79)63(51)69(65)67)95-57-31-29-45(99(87,88)89)33-49(57)41-21-25-43(26-22-41)97(81,82)83;;;;;;;;/h5-8,11-38H,1-2H3,(H,81,82,83)(H,84,85,86)(H,87,88,89)(H,90,91,92);;;;;;;;/q-4;8*+1/p-4. The van der Waals surface area contributed by atoms with Crippen molar-refractivity contribution >= 4 is 107 Å². The van der Waals surface area contributed by atoms with E-state index in [1.54, 1.807) is 84.9 Å². The molecule has 496 valence electrons. The molecule has 22 nitrogen and oxygen atoms in total.